The number of rotatable bonds is 2. The molecule has 2 heterocycles. The predicted octanol–water partition coefficient (Wildman–Crippen LogP) is 2.79. The molecule has 1 saturated heterocycles. The Morgan fingerprint density at radius 3 is 2.78 bits per heavy atom. The fourth-order valence-electron chi connectivity index (χ4n) is 2.38. The molecule has 0 unspecified atom stereocenters. The monoisotopic (exact) mass is 267 g/mol. The topological polar surface area (TPSA) is 45.2 Å². The van der Waals surface area contributed by atoms with Crippen molar-refractivity contribution in [2.75, 3.05) is 18.9 Å². The van der Waals surface area contributed by atoms with E-state index >= 15 is 0 Å². The van der Waals surface area contributed by atoms with E-state index in [4.69, 9.17) is 11.6 Å². The maximum absolute atomic E-state index is 12.4. The van der Waals surface area contributed by atoms with Crippen molar-refractivity contribution >= 4 is 23.3 Å². The van der Waals surface area contributed by atoms with Gasteiger partial charge in [0.05, 0.1) is 10.6 Å². The smallest absolute Gasteiger partial charge is 0.255 e. The Morgan fingerprint density at radius 2 is 2.28 bits per heavy atom. The van der Waals surface area contributed by atoms with E-state index < -0.39 is 0 Å². The van der Waals surface area contributed by atoms with Crippen LogP contribution < -0.4 is 5.32 Å². The normalized spacial score (nSPS) is 17.9. The third kappa shape index (κ3) is 2.29. The molecule has 1 fully saturated rings. The van der Waals surface area contributed by atoms with Crippen molar-refractivity contribution in [3.63, 3.8) is 0 Å². The Bertz CT molecular complexity index is 473. The average molecular weight is 268 g/mol. The van der Waals surface area contributed by atoms with Gasteiger partial charge in [-0.2, -0.15) is 0 Å². The third-order valence-electron chi connectivity index (χ3n) is 3.47. The minimum absolute atomic E-state index is 0.00885. The maximum atomic E-state index is 12.4. The van der Waals surface area contributed by atoms with Gasteiger partial charge in [-0.1, -0.05) is 11.6 Å². The predicted molar refractivity (Wildman–Crippen MR) is 73.1 cm³/mol. The molecule has 0 spiro atoms. The molecule has 5 heteroatoms. The summed E-state index contributed by atoms with van der Waals surface area (Å²) >= 11 is 6.06. The summed E-state index contributed by atoms with van der Waals surface area (Å²) in [5.41, 5.74) is 0.472. The van der Waals surface area contributed by atoms with Crippen molar-refractivity contribution in [3.05, 3.63) is 22.8 Å². The number of carbonyl (C=O) groups is 1. The molecule has 18 heavy (non-hydrogen) atoms. The van der Waals surface area contributed by atoms with Crippen molar-refractivity contribution in [1.82, 2.24) is 9.88 Å². The van der Waals surface area contributed by atoms with E-state index in [2.05, 4.69) is 24.1 Å². The molecule has 0 atom stereocenters. The van der Waals surface area contributed by atoms with E-state index in [1.807, 2.05) is 4.90 Å². The molecule has 0 bridgehead atoms. The first kappa shape index (κ1) is 13.1. The van der Waals surface area contributed by atoms with Crippen LogP contribution >= 0.6 is 11.6 Å². The van der Waals surface area contributed by atoms with E-state index in [1.165, 1.54) is 0 Å². The van der Waals surface area contributed by atoms with Crippen molar-refractivity contribution < 1.29 is 4.79 Å². The number of hydrogen-bond donors (Lipinski definition) is 1. The van der Waals surface area contributed by atoms with E-state index in [9.17, 15) is 4.79 Å². The largest absolute Gasteiger partial charge is 0.372 e. The van der Waals surface area contributed by atoms with Crippen LogP contribution in [0.25, 0.3) is 0 Å². The summed E-state index contributed by atoms with van der Waals surface area (Å²) in [5.74, 6) is 0.600. The summed E-state index contributed by atoms with van der Waals surface area (Å²) in [6, 6.07) is 1.68. The number of nitrogens with one attached hydrogen (secondary N) is 1. The van der Waals surface area contributed by atoms with Crippen LogP contribution in [0.1, 0.15) is 37.0 Å². The quantitative estimate of drug-likeness (QED) is 0.896. The SMILES string of the molecule is CNc1ncc(C(=O)N2CCCC2(C)C)cc1Cl. The van der Waals surface area contributed by atoms with Gasteiger partial charge in [0.2, 0.25) is 0 Å². The van der Waals surface area contributed by atoms with Crippen molar-refractivity contribution in [3.8, 4) is 0 Å². The molecule has 0 aromatic carbocycles. The second-order valence-corrected chi connectivity index (χ2v) is 5.58. The van der Waals surface area contributed by atoms with Crippen LogP contribution in [0, 0.1) is 0 Å². The van der Waals surface area contributed by atoms with E-state index in [0.29, 0.717) is 16.4 Å². The second kappa shape index (κ2) is 4.76. The minimum Gasteiger partial charge on any atom is -0.372 e. The van der Waals surface area contributed by atoms with Gasteiger partial charge in [0, 0.05) is 25.3 Å². The lowest BCUT2D eigenvalue weighted by molar-refractivity contribution is 0.0651. The van der Waals surface area contributed by atoms with Gasteiger partial charge in [-0.05, 0) is 32.8 Å². The Hall–Kier alpha value is -1.29. The molecular formula is C13H18ClN3O. The fourth-order valence-corrected chi connectivity index (χ4v) is 2.64. The lowest BCUT2D eigenvalue weighted by Gasteiger charge is -2.31. The van der Waals surface area contributed by atoms with Crippen LogP contribution in [-0.2, 0) is 0 Å². The Labute approximate surface area is 112 Å². The van der Waals surface area contributed by atoms with Crippen LogP contribution in [0.15, 0.2) is 12.3 Å². The Balaban J connectivity index is 2.27. The molecule has 2 rings (SSSR count). The fraction of sp³-hybridized carbons (Fsp3) is 0.538. The number of carbonyl (C=O) groups excluding carboxylic acids is 1. The number of nitrogens with zero attached hydrogens (tertiary/aromatic N) is 2. The molecule has 0 radical (unpaired) electrons. The average Bonchev–Trinajstić information content (AvgIpc) is 2.68. The summed E-state index contributed by atoms with van der Waals surface area (Å²) in [4.78, 5) is 18.5. The number of amides is 1. The van der Waals surface area contributed by atoms with Crippen molar-refractivity contribution in [2.24, 2.45) is 0 Å². The molecular weight excluding hydrogens is 250 g/mol. The molecule has 0 saturated carbocycles. The van der Waals surface area contributed by atoms with E-state index in [1.54, 1.807) is 19.3 Å². The van der Waals surface area contributed by atoms with Gasteiger partial charge in [-0.15, -0.1) is 0 Å². The van der Waals surface area contributed by atoms with Crippen LogP contribution in [0.4, 0.5) is 5.82 Å². The zero-order chi connectivity index (χ0) is 13.3. The van der Waals surface area contributed by atoms with Gasteiger partial charge < -0.3 is 10.2 Å². The number of halogens is 1. The maximum Gasteiger partial charge on any atom is 0.255 e. The molecule has 1 aromatic heterocycles. The number of aromatic nitrogens is 1. The standard InChI is InChI=1S/C13H18ClN3O/c1-13(2)5-4-6-17(13)12(18)9-7-10(14)11(15-3)16-8-9/h7-8H,4-6H2,1-3H3,(H,15,16). The van der Waals surface area contributed by atoms with Crippen LogP contribution in [0.5, 0.6) is 0 Å². The third-order valence-corrected chi connectivity index (χ3v) is 3.76. The van der Waals surface area contributed by atoms with E-state index in [0.717, 1.165) is 19.4 Å². The van der Waals surface area contributed by atoms with Gasteiger partial charge in [0.25, 0.3) is 5.91 Å². The van der Waals surface area contributed by atoms with Crippen LogP contribution in [-0.4, -0.2) is 34.9 Å². The molecule has 98 valence electrons. The summed E-state index contributed by atoms with van der Waals surface area (Å²) in [6.07, 6.45) is 3.66. The second-order valence-electron chi connectivity index (χ2n) is 5.18. The zero-order valence-electron chi connectivity index (χ0n) is 11.0. The highest BCUT2D eigenvalue weighted by atomic mass is 35.5. The first-order chi connectivity index (χ1) is 8.45. The Morgan fingerprint density at radius 1 is 1.56 bits per heavy atom. The van der Waals surface area contributed by atoms with Crippen LogP contribution in [0.3, 0.4) is 0 Å². The zero-order valence-corrected chi connectivity index (χ0v) is 11.7. The first-order valence-electron chi connectivity index (χ1n) is 6.11. The van der Waals surface area contributed by atoms with Gasteiger partial charge in [0.15, 0.2) is 0 Å². The summed E-state index contributed by atoms with van der Waals surface area (Å²) in [6.45, 7) is 4.99. The highest BCUT2D eigenvalue weighted by Gasteiger charge is 2.35. The van der Waals surface area contributed by atoms with Gasteiger partial charge in [0.1, 0.15) is 5.82 Å². The summed E-state index contributed by atoms with van der Waals surface area (Å²) < 4.78 is 0. The lowest BCUT2D eigenvalue weighted by Crippen LogP contribution is -2.42. The van der Waals surface area contributed by atoms with Gasteiger partial charge >= 0.3 is 0 Å². The van der Waals surface area contributed by atoms with Crippen molar-refractivity contribution in [1.29, 1.82) is 0 Å². The highest BCUT2D eigenvalue weighted by molar-refractivity contribution is 6.33. The molecule has 1 amide bonds. The summed E-state index contributed by atoms with van der Waals surface area (Å²) in [7, 11) is 1.75. The lowest BCUT2D eigenvalue weighted by atomic mass is 10.0. The Kier molecular flexibility index (Phi) is 3.48. The van der Waals surface area contributed by atoms with Gasteiger partial charge in [-0.25, -0.2) is 4.98 Å². The molecule has 1 aromatic rings. The molecule has 1 aliphatic heterocycles. The molecule has 0 aliphatic carbocycles. The highest BCUT2D eigenvalue weighted by Crippen LogP contribution is 2.30. The minimum atomic E-state index is -0.0781. The number of hydrogen-bond acceptors (Lipinski definition) is 3. The molecule has 4 nitrogen and oxygen atoms in total. The number of likely N-dealkylation sites (tertiary alicyclic amines) is 1. The van der Waals surface area contributed by atoms with Crippen LogP contribution in [0.2, 0.25) is 5.02 Å². The molecule has 1 aliphatic rings. The van der Waals surface area contributed by atoms with E-state index in [-0.39, 0.29) is 11.4 Å². The van der Waals surface area contributed by atoms with Crippen molar-refractivity contribution in [2.45, 2.75) is 32.2 Å². The summed E-state index contributed by atoms with van der Waals surface area (Å²) in [5, 5.41) is 3.35. The molecule has 1 N–H and O–H groups in total. The first-order valence-corrected chi connectivity index (χ1v) is 6.49. The number of pyridine rings is 1. The van der Waals surface area contributed by atoms with Gasteiger partial charge in [-0.3, -0.25) is 4.79 Å². The number of anilines is 1.